The first-order valence-electron chi connectivity index (χ1n) is 4.87. The predicted molar refractivity (Wildman–Crippen MR) is 52.7 cm³/mol. The third kappa shape index (κ3) is 6.15. The predicted octanol–water partition coefficient (Wildman–Crippen LogP) is 4.17. The molecule has 0 aromatic heterocycles. The topological polar surface area (TPSA) is 0 Å². The van der Waals surface area contributed by atoms with Crippen LogP contribution in [-0.4, -0.2) is 0 Å². The van der Waals surface area contributed by atoms with Crippen LogP contribution in [-0.2, 0) is 0 Å². The summed E-state index contributed by atoms with van der Waals surface area (Å²) in [5.74, 6) is 0.959. The zero-order valence-electron chi connectivity index (χ0n) is 8.32. The zero-order chi connectivity index (χ0) is 8.69. The number of hydrogen-bond acceptors (Lipinski definition) is 0. The summed E-state index contributed by atoms with van der Waals surface area (Å²) in [5, 5.41) is 0. The molecule has 0 atom stereocenters. The van der Waals surface area contributed by atoms with Crippen LogP contribution >= 0.6 is 0 Å². The molecular weight excluding hydrogens is 132 g/mol. The van der Waals surface area contributed by atoms with Crippen LogP contribution in [0.4, 0.5) is 0 Å². The molecule has 0 unspecified atom stereocenters. The Kier molecular flexibility index (Phi) is 6.30. The highest BCUT2D eigenvalue weighted by atomic mass is 14.1. The van der Waals surface area contributed by atoms with Crippen molar-refractivity contribution in [2.75, 3.05) is 0 Å². The normalized spacial score (nSPS) is 19.0. The third-order valence-electron chi connectivity index (χ3n) is 1.98. The van der Waals surface area contributed by atoms with Crippen LogP contribution in [0, 0.1) is 5.92 Å². The second-order valence-corrected chi connectivity index (χ2v) is 3.64. The highest BCUT2D eigenvalue weighted by molar-refractivity contribution is 4.97. The van der Waals surface area contributed by atoms with Gasteiger partial charge in [0.1, 0.15) is 0 Å². The molecule has 0 heteroatoms. The summed E-state index contributed by atoms with van der Waals surface area (Å²) >= 11 is 0. The molecule has 0 N–H and O–H groups in total. The van der Waals surface area contributed by atoms with Gasteiger partial charge in [-0.05, 0) is 31.6 Å². The van der Waals surface area contributed by atoms with Crippen molar-refractivity contribution >= 4 is 0 Å². The van der Waals surface area contributed by atoms with Crippen molar-refractivity contribution in [1.82, 2.24) is 0 Å². The van der Waals surface area contributed by atoms with Gasteiger partial charge in [0.05, 0.1) is 0 Å². The zero-order valence-corrected chi connectivity index (χ0v) is 8.32. The van der Waals surface area contributed by atoms with Crippen molar-refractivity contribution in [1.29, 1.82) is 0 Å². The van der Waals surface area contributed by atoms with Gasteiger partial charge in [0.2, 0.25) is 0 Å². The fourth-order valence-electron chi connectivity index (χ4n) is 1.17. The van der Waals surface area contributed by atoms with Crippen molar-refractivity contribution in [2.24, 2.45) is 5.92 Å². The van der Waals surface area contributed by atoms with Gasteiger partial charge >= 0.3 is 0 Å². The molecule has 0 aromatic carbocycles. The van der Waals surface area contributed by atoms with Crippen molar-refractivity contribution in [2.45, 2.75) is 52.9 Å². The minimum Gasteiger partial charge on any atom is -0.0999 e. The molecule has 0 radical (unpaired) electrons. The van der Waals surface area contributed by atoms with E-state index in [0.717, 1.165) is 5.92 Å². The van der Waals surface area contributed by atoms with Crippen molar-refractivity contribution in [3.63, 3.8) is 0 Å². The van der Waals surface area contributed by atoms with E-state index >= 15 is 0 Å². The summed E-state index contributed by atoms with van der Waals surface area (Å²) in [4.78, 5) is 0. The molecular formula is C11H22. The Bertz CT molecular complexity index is 92.6. The summed E-state index contributed by atoms with van der Waals surface area (Å²) in [6.45, 7) is 10.5. The Labute approximate surface area is 71.7 Å². The maximum absolute atomic E-state index is 3.95. The first kappa shape index (κ1) is 10.7. The average Bonchev–Trinajstić information content (AvgIpc) is 1.97. The average molecular weight is 154 g/mol. The highest BCUT2D eigenvalue weighted by Crippen LogP contribution is 2.25. The van der Waals surface area contributed by atoms with Crippen LogP contribution < -0.4 is 0 Å². The van der Waals surface area contributed by atoms with Gasteiger partial charge in [-0.15, -0.1) is 0 Å². The van der Waals surface area contributed by atoms with Crippen LogP contribution in [0.15, 0.2) is 12.2 Å². The molecule has 1 fully saturated rings. The van der Waals surface area contributed by atoms with E-state index in [1.807, 2.05) is 0 Å². The smallest absolute Gasteiger partial charge is 0.0320 e. The van der Waals surface area contributed by atoms with Crippen molar-refractivity contribution in [3.05, 3.63) is 12.2 Å². The summed E-state index contributed by atoms with van der Waals surface area (Å²) in [5.41, 5.74) is 1.46. The van der Waals surface area contributed by atoms with Gasteiger partial charge in [-0.25, -0.2) is 0 Å². The Morgan fingerprint density at radius 2 is 1.64 bits per heavy atom. The first-order chi connectivity index (χ1) is 5.20. The second-order valence-electron chi connectivity index (χ2n) is 3.64. The second kappa shape index (κ2) is 6.45. The van der Waals surface area contributed by atoms with Crippen LogP contribution in [0.2, 0.25) is 0 Å². The van der Waals surface area contributed by atoms with Crippen LogP contribution in [0.5, 0.6) is 0 Å². The summed E-state index contributed by atoms with van der Waals surface area (Å²) in [6.07, 6.45) is 6.56. The molecule has 0 amide bonds. The lowest BCUT2D eigenvalue weighted by Gasteiger charge is -2.18. The quantitative estimate of drug-likeness (QED) is 0.459. The Balaban J connectivity index is 0.000000292. The van der Waals surface area contributed by atoms with Crippen LogP contribution in [0.1, 0.15) is 52.9 Å². The van der Waals surface area contributed by atoms with Gasteiger partial charge in [-0.2, -0.15) is 0 Å². The number of hydrogen-bond donors (Lipinski definition) is 0. The fraction of sp³-hybridized carbons (Fsp3) is 0.818. The Morgan fingerprint density at radius 1 is 1.27 bits per heavy atom. The third-order valence-corrected chi connectivity index (χ3v) is 1.98. The summed E-state index contributed by atoms with van der Waals surface area (Å²) in [7, 11) is 0. The van der Waals surface area contributed by atoms with Gasteiger partial charge < -0.3 is 0 Å². The lowest BCUT2D eigenvalue weighted by atomic mass is 9.88. The Hall–Kier alpha value is -0.260. The maximum atomic E-state index is 3.95. The molecule has 1 saturated carbocycles. The summed E-state index contributed by atoms with van der Waals surface area (Å²) < 4.78 is 0. The van der Waals surface area contributed by atoms with Gasteiger partial charge in [0, 0.05) is 0 Å². The minimum atomic E-state index is 0.959. The first-order valence-corrected chi connectivity index (χ1v) is 4.87. The van der Waals surface area contributed by atoms with E-state index in [0.29, 0.717) is 0 Å². The van der Waals surface area contributed by atoms with Gasteiger partial charge in [0.15, 0.2) is 0 Å². The minimum absolute atomic E-state index is 0.959. The van der Waals surface area contributed by atoms with Gasteiger partial charge in [0.25, 0.3) is 0 Å². The lowest BCUT2D eigenvalue weighted by molar-refractivity contribution is 0.445. The molecule has 1 rings (SSSR count). The Morgan fingerprint density at radius 3 is 1.91 bits per heavy atom. The van der Waals surface area contributed by atoms with E-state index in [-0.39, 0.29) is 0 Å². The summed E-state index contributed by atoms with van der Waals surface area (Å²) in [6, 6.07) is 0. The van der Waals surface area contributed by atoms with Gasteiger partial charge in [-0.3, -0.25) is 0 Å². The van der Waals surface area contributed by atoms with Crippen LogP contribution in [0.25, 0.3) is 0 Å². The molecule has 66 valence electrons. The molecule has 0 saturated heterocycles. The van der Waals surface area contributed by atoms with E-state index in [4.69, 9.17) is 0 Å². The maximum Gasteiger partial charge on any atom is -0.0320 e. The number of allylic oxidation sites excluding steroid dienone is 1. The van der Waals surface area contributed by atoms with E-state index in [1.165, 1.54) is 37.7 Å². The van der Waals surface area contributed by atoms with Gasteiger partial charge in [-0.1, -0.05) is 39.3 Å². The SMILES string of the molecule is C=C1CCC(C)CC1.CCC. The van der Waals surface area contributed by atoms with E-state index in [9.17, 15) is 0 Å². The largest absolute Gasteiger partial charge is 0.0999 e. The molecule has 0 heterocycles. The highest BCUT2D eigenvalue weighted by Gasteiger charge is 2.09. The van der Waals surface area contributed by atoms with E-state index in [1.54, 1.807) is 0 Å². The molecule has 1 aliphatic rings. The molecule has 0 aliphatic heterocycles. The van der Waals surface area contributed by atoms with E-state index in [2.05, 4.69) is 27.4 Å². The molecule has 0 bridgehead atoms. The fourth-order valence-corrected chi connectivity index (χ4v) is 1.17. The molecule has 0 nitrogen and oxygen atoms in total. The standard InChI is InChI=1S/C8H14.C3H8/c1-7-3-5-8(2)6-4-7;1-3-2/h8H,1,3-6H2,2H3;3H2,1-2H3. The van der Waals surface area contributed by atoms with Crippen LogP contribution in [0.3, 0.4) is 0 Å². The van der Waals surface area contributed by atoms with E-state index < -0.39 is 0 Å². The molecule has 0 aromatic rings. The van der Waals surface area contributed by atoms with Crippen molar-refractivity contribution in [3.8, 4) is 0 Å². The lowest BCUT2D eigenvalue weighted by Crippen LogP contribution is -2.02. The monoisotopic (exact) mass is 154 g/mol. The molecule has 11 heavy (non-hydrogen) atoms. The molecule has 0 spiro atoms. The van der Waals surface area contributed by atoms with Crippen molar-refractivity contribution < 1.29 is 0 Å². The molecule has 1 aliphatic carbocycles. The number of rotatable bonds is 0.